The lowest BCUT2D eigenvalue weighted by Crippen LogP contribution is -2.26. The molecule has 0 saturated carbocycles. The summed E-state index contributed by atoms with van der Waals surface area (Å²) in [4.78, 5) is 45.7. The van der Waals surface area contributed by atoms with E-state index in [2.05, 4.69) is 25.8 Å². The molecule has 0 unspecified atom stereocenters. The smallest absolute Gasteiger partial charge is 0.284 e. The molecule has 0 spiro atoms. The van der Waals surface area contributed by atoms with E-state index in [0.717, 1.165) is 30.1 Å². The first-order valence-electron chi connectivity index (χ1n) is 10.8. The summed E-state index contributed by atoms with van der Waals surface area (Å²) in [5, 5.41) is 8.59. The Balaban J connectivity index is 1.56. The molecule has 35 heavy (non-hydrogen) atoms. The topological polar surface area (TPSA) is 113 Å². The van der Waals surface area contributed by atoms with Crippen molar-refractivity contribution in [1.82, 2.24) is 20.5 Å². The second kappa shape index (κ2) is 11.2. The number of aromatic nitrogens is 1. The number of hydrogen-bond donors (Lipinski definition) is 3. The van der Waals surface area contributed by atoms with E-state index in [1.807, 2.05) is 7.05 Å². The number of halogens is 1. The number of hydrogen-bond acceptors (Lipinski definition) is 8. The maximum absolute atomic E-state index is 13.2. The Hall–Kier alpha value is -2.99. The third kappa shape index (κ3) is 6.17. The predicted octanol–water partition coefficient (Wildman–Crippen LogP) is 3.15. The van der Waals surface area contributed by atoms with Gasteiger partial charge in [-0.25, -0.2) is 4.98 Å². The molecule has 3 aromatic rings. The van der Waals surface area contributed by atoms with Gasteiger partial charge in [0.25, 0.3) is 17.7 Å². The number of nitrogens with one attached hydrogen (secondary N) is 3. The van der Waals surface area contributed by atoms with Gasteiger partial charge in [-0.2, -0.15) is 0 Å². The van der Waals surface area contributed by atoms with Crippen LogP contribution in [0.25, 0.3) is 0 Å². The molecule has 0 radical (unpaired) electrons. The van der Waals surface area contributed by atoms with Gasteiger partial charge >= 0.3 is 0 Å². The van der Waals surface area contributed by atoms with E-state index in [1.54, 1.807) is 30.3 Å². The van der Waals surface area contributed by atoms with Crippen LogP contribution >= 0.6 is 34.3 Å². The molecule has 3 heterocycles. The third-order valence-corrected chi connectivity index (χ3v) is 7.65. The van der Waals surface area contributed by atoms with Crippen molar-refractivity contribution in [3.63, 3.8) is 0 Å². The van der Waals surface area contributed by atoms with E-state index >= 15 is 0 Å². The Morgan fingerprint density at radius 2 is 2.00 bits per heavy atom. The molecule has 2 aromatic heterocycles. The summed E-state index contributed by atoms with van der Waals surface area (Å²) in [5.41, 5.74) is 1.94. The van der Waals surface area contributed by atoms with Crippen LogP contribution < -0.4 is 20.7 Å². The molecule has 1 aliphatic rings. The summed E-state index contributed by atoms with van der Waals surface area (Å²) < 4.78 is 6.20. The molecule has 3 N–H and O–H groups in total. The van der Waals surface area contributed by atoms with Crippen LogP contribution in [0.15, 0.2) is 30.3 Å². The van der Waals surface area contributed by atoms with Crippen molar-refractivity contribution in [3.05, 3.63) is 60.7 Å². The Kier molecular flexibility index (Phi) is 8.01. The molecular formula is C23H24ClN5O4S2. The second-order valence-corrected chi connectivity index (χ2v) is 10.7. The first kappa shape index (κ1) is 25.1. The van der Waals surface area contributed by atoms with Gasteiger partial charge < -0.3 is 25.6 Å². The van der Waals surface area contributed by atoms with Crippen molar-refractivity contribution in [2.45, 2.75) is 19.5 Å². The van der Waals surface area contributed by atoms with E-state index in [9.17, 15) is 14.4 Å². The maximum atomic E-state index is 13.2. The SMILES string of the molecule is CNC(=O)COc1cccc(CNC(=O)c2ccc(Cl)s2)c1NC(=O)c1nc2c(s1)CN(C)CC2. The van der Waals surface area contributed by atoms with Crippen LogP contribution in [-0.2, 0) is 24.3 Å². The maximum Gasteiger partial charge on any atom is 0.284 e. The number of amides is 3. The van der Waals surface area contributed by atoms with Crippen molar-refractivity contribution in [2.24, 2.45) is 0 Å². The number of anilines is 1. The average molecular weight is 534 g/mol. The van der Waals surface area contributed by atoms with Crippen molar-refractivity contribution in [3.8, 4) is 5.75 Å². The van der Waals surface area contributed by atoms with Gasteiger partial charge in [0.2, 0.25) is 0 Å². The fourth-order valence-electron chi connectivity index (χ4n) is 3.49. The summed E-state index contributed by atoms with van der Waals surface area (Å²) in [6.07, 6.45) is 0.797. The summed E-state index contributed by atoms with van der Waals surface area (Å²) in [6.45, 7) is 1.56. The van der Waals surface area contributed by atoms with E-state index in [4.69, 9.17) is 16.3 Å². The fourth-order valence-corrected chi connectivity index (χ4v) is 5.53. The molecule has 9 nitrogen and oxygen atoms in total. The highest BCUT2D eigenvalue weighted by atomic mass is 35.5. The zero-order valence-corrected chi connectivity index (χ0v) is 21.5. The predicted molar refractivity (Wildman–Crippen MR) is 137 cm³/mol. The van der Waals surface area contributed by atoms with Gasteiger partial charge in [-0.15, -0.1) is 22.7 Å². The third-order valence-electron chi connectivity index (χ3n) is 5.34. The van der Waals surface area contributed by atoms with Crippen LogP contribution in [0.1, 0.15) is 35.6 Å². The van der Waals surface area contributed by atoms with E-state index in [0.29, 0.717) is 31.2 Å². The van der Waals surface area contributed by atoms with Gasteiger partial charge in [0.05, 0.1) is 20.6 Å². The Morgan fingerprint density at radius 3 is 2.74 bits per heavy atom. The molecule has 184 valence electrons. The van der Waals surface area contributed by atoms with Crippen molar-refractivity contribution in [2.75, 3.05) is 32.6 Å². The molecular weight excluding hydrogens is 510 g/mol. The Bertz CT molecular complexity index is 1260. The molecule has 1 aliphatic heterocycles. The molecule has 0 saturated heterocycles. The van der Waals surface area contributed by atoms with Gasteiger partial charge in [-0.3, -0.25) is 14.4 Å². The van der Waals surface area contributed by atoms with Crippen LogP contribution in [-0.4, -0.2) is 54.9 Å². The second-order valence-electron chi connectivity index (χ2n) is 7.87. The molecule has 3 amide bonds. The standard InChI is InChI=1S/C23H24ClN5O4S2/c1-25-19(30)12-33-15-5-3-4-13(10-26-21(31)16-6-7-18(24)34-16)20(15)28-22(32)23-27-14-8-9-29(2)11-17(14)35-23/h3-7H,8-12H2,1-2H3,(H,25,30)(H,26,31)(H,28,32). The lowest BCUT2D eigenvalue weighted by molar-refractivity contribution is -0.122. The Labute approximate surface area is 215 Å². The molecule has 1 aromatic carbocycles. The summed E-state index contributed by atoms with van der Waals surface area (Å²) in [5.74, 6) is -0.658. The molecule has 0 fully saturated rings. The van der Waals surface area contributed by atoms with Crippen molar-refractivity contribution in [1.29, 1.82) is 0 Å². The van der Waals surface area contributed by atoms with Crippen molar-refractivity contribution < 1.29 is 19.1 Å². The first-order valence-corrected chi connectivity index (χ1v) is 12.8. The van der Waals surface area contributed by atoms with Gasteiger partial charge in [-0.05, 0) is 30.8 Å². The average Bonchev–Trinajstić information content (AvgIpc) is 3.47. The lowest BCUT2D eigenvalue weighted by atomic mass is 10.1. The van der Waals surface area contributed by atoms with E-state index in [-0.39, 0.29) is 30.9 Å². The number of para-hydroxylation sites is 1. The minimum Gasteiger partial charge on any atom is -0.482 e. The number of likely N-dealkylation sites (N-methyl/N-ethyl adjacent to an activating group) is 2. The normalized spacial score (nSPS) is 13.1. The number of fused-ring (bicyclic) bond motifs is 1. The molecule has 4 rings (SSSR count). The molecule has 0 aliphatic carbocycles. The van der Waals surface area contributed by atoms with Crippen molar-refractivity contribution >= 4 is 57.7 Å². The fraction of sp³-hybridized carbons (Fsp3) is 0.304. The van der Waals surface area contributed by atoms with Crippen LogP contribution in [0.3, 0.4) is 0 Å². The first-order chi connectivity index (χ1) is 16.8. The number of benzene rings is 1. The van der Waals surface area contributed by atoms with Crippen LogP contribution in [0.4, 0.5) is 5.69 Å². The zero-order chi connectivity index (χ0) is 24.9. The number of thiophene rings is 1. The highest BCUT2D eigenvalue weighted by Gasteiger charge is 2.23. The molecule has 12 heteroatoms. The minimum atomic E-state index is -0.374. The quantitative estimate of drug-likeness (QED) is 0.410. The number of ether oxygens (including phenoxy) is 1. The summed E-state index contributed by atoms with van der Waals surface area (Å²) in [6, 6.07) is 8.47. The molecule has 0 atom stereocenters. The minimum absolute atomic E-state index is 0.125. The number of thiazole rings is 1. The number of carbonyl (C=O) groups excluding carboxylic acids is 3. The van der Waals surface area contributed by atoms with Crippen LogP contribution in [0.2, 0.25) is 4.34 Å². The molecule has 0 bridgehead atoms. The van der Waals surface area contributed by atoms with E-state index < -0.39 is 0 Å². The summed E-state index contributed by atoms with van der Waals surface area (Å²) >= 11 is 8.48. The monoisotopic (exact) mass is 533 g/mol. The lowest BCUT2D eigenvalue weighted by Gasteiger charge is -2.20. The number of nitrogens with zero attached hydrogens (tertiary/aromatic N) is 2. The van der Waals surface area contributed by atoms with Crippen LogP contribution in [0.5, 0.6) is 5.75 Å². The van der Waals surface area contributed by atoms with Crippen LogP contribution in [0, 0.1) is 0 Å². The van der Waals surface area contributed by atoms with Gasteiger partial charge in [0.15, 0.2) is 11.6 Å². The van der Waals surface area contributed by atoms with Gasteiger partial charge in [-0.1, -0.05) is 23.7 Å². The summed E-state index contributed by atoms with van der Waals surface area (Å²) in [7, 11) is 3.55. The largest absolute Gasteiger partial charge is 0.482 e. The van der Waals surface area contributed by atoms with Gasteiger partial charge in [0.1, 0.15) is 5.75 Å². The van der Waals surface area contributed by atoms with Gasteiger partial charge in [0, 0.05) is 38.0 Å². The zero-order valence-electron chi connectivity index (χ0n) is 19.1. The highest BCUT2D eigenvalue weighted by molar-refractivity contribution is 7.18. The number of carbonyl (C=O) groups is 3. The number of rotatable bonds is 8. The highest BCUT2D eigenvalue weighted by Crippen LogP contribution is 2.31. The van der Waals surface area contributed by atoms with E-state index in [1.165, 1.54) is 29.7 Å². The Morgan fingerprint density at radius 1 is 1.17 bits per heavy atom.